The molecule has 170 valence electrons. The highest BCUT2D eigenvalue weighted by Crippen LogP contribution is 2.33. The molecule has 32 heavy (non-hydrogen) atoms. The summed E-state index contributed by atoms with van der Waals surface area (Å²) in [4.78, 5) is 12.5. The van der Waals surface area contributed by atoms with Crippen LogP contribution in [0.3, 0.4) is 0 Å². The van der Waals surface area contributed by atoms with Crippen molar-refractivity contribution in [2.45, 2.75) is 48.1 Å². The lowest BCUT2D eigenvalue weighted by Gasteiger charge is -2.13. The van der Waals surface area contributed by atoms with Gasteiger partial charge in [0.05, 0.1) is 10.1 Å². The van der Waals surface area contributed by atoms with Crippen molar-refractivity contribution in [2.75, 3.05) is 10.6 Å². The third-order valence-corrected chi connectivity index (χ3v) is 7.65. The molecule has 2 aromatic carbocycles. The maximum Gasteiger partial charge on any atom is 0.238 e. The number of primary sulfonamides is 1. The van der Waals surface area contributed by atoms with Crippen molar-refractivity contribution in [3.63, 3.8) is 0 Å². The zero-order valence-electron chi connectivity index (χ0n) is 18.0. The van der Waals surface area contributed by atoms with E-state index in [9.17, 15) is 13.2 Å². The molecule has 3 rings (SSSR count). The SMILES string of the molecule is CCc1cccc(CC)c1Nc1nnc(SC(C)C(=O)Nc2cccc(S(N)(=O)=O)c2)s1. The van der Waals surface area contributed by atoms with Gasteiger partial charge in [0.2, 0.25) is 21.1 Å². The summed E-state index contributed by atoms with van der Waals surface area (Å²) in [5.41, 5.74) is 3.84. The molecule has 1 atom stereocenters. The first-order valence-corrected chi connectivity index (χ1v) is 13.3. The molecule has 4 N–H and O–H groups in total. The normalized spacial score (nSPS) is 12.4. The van der Waals surface area contributed by atoms with Crippen LogP contribution in [0.1, 0.15) is 31.9 Å². The lowest BCUT2D eigenvalue weighted by atomic mass is 10.0. The summed E-state index contributed by atoms with van der Waals surface area (Å²) in [7, 11) is -3.84. The Bertz CT molecular complexity index is 1190. The standard InChI is InChI=1S/C21H25N5O3S3/c1-4-14-8-6-9-15(5-2)18(14)24-20-25-26-21(31-20)30-13(3)19(27)23-16-10-7-11-17(12-16)32(22,28)29/h6-13H,4-5H2,1-3H3,(H,23,27)(H,24,25)(H2,22,28,29). The van der Waals surface area contributed by atoms with Gasteiger partial charge in [-0.3, -0.25) is 4.79 Å². The fourth-order valence-electron chi connectivity index (χ4n) is 3.02. The monoisotopic (exact) mass is 491 g/mol. The Morgan fingerprint density at radius 1 is 1.12 bits per heavy atom. The number of aromatic nitrogens is 2. The van der Waals surface area contributed by atoms with Crippen molar-refractivity contribution >= 4 is 55.5 Å². The van der Waals surface area contributed by atoms with E-state index in [0.29, 0.717) is 15.2 Å². The molecule has 0 saturated heterocycles. The number of carbonyl (C=O) groups excluding carboxylic acids is 1. The first kappa shape index (κ1) is 24.2. The molecular formula is C21H25N5O3S3. The van der Waals surface area contributed by atoms with Crippen LogP contribution in [0.25, 0.3) is 0 Å². The number of nitrogens with zero attached hydrogens (tertiary/aromatic N) is 2. The summed E-state index contributed by atoms with van der Waals surface area (Å²) in [5.74, 6) is -0.282. The smallest absolute Gasteiger partial charge is 0.238 e. The van der Waals surface area contributed by atoms with Gasteiger partial charge in [0.1, 0.15) is 0 Å². The van der Waals surface area contributed by atoms with Crippen LogP contribution >= 0.6 is 23.1 Å². The fourth-order valence-corrected chi connectivity index (χ4v) is 5.48. The number of nitrogens with one attached hydrogen (secondary N) is 2. The molecular weight excluding hydrogens is 466 g/mol. The highest BCUT2D eigenvalue weighted by molar-refractivity contribution is 8.02. The van der Waals surface area contributed by atoms with Crippen LogP contribution in [0.15, 0.2) is 51.7 Å². The topological polar surface area (TPSA) is 127 Å². The Kier molecular flexibility index (Phi) is 7.88. The number of aryl methyl sites for hydroxylation is 2. The number of amides is 1. The number of rotatable bonds is 9. The van der Waals surface area contributed by atoms with Crippen LogP contribution in [0, 0.1) is 0 Å². The number of nitrogens with two attached hydrogens (primary N) is 1. The maximum absolute atomic E-state index is 12.6. The minimum atomic E-state index is -3.84. The predicted molar refractivity (Wildman–Crippen MR) is 130 cm³/mol. The molecule has 1 aromatic heterocycles. The van der Waals surface area contributed by atoms with E-state index in [0.717, 1.165) is 18.5 Å². The highest BCUT2D eigenvalue weighted by atomic mass is 32.2. The number of sulfonamides is 1. The molecule has 11 heteroatoms. The first-order valence-electron chi connectivity index (χ1n) is 10.0. The van der Waals surface area contributed by atoms with Crippen LogP contribution in [0.2, 0.25) is 0 Å². The molecule has 0 bridgehead atoms. The van der Waals surface area contributed by atoms with Crippen LogP contribution in [-0.2, 0) is 27.7 Å². The second-order valence-corrected chi connectivity index (χ2v) is 11.1. The molecule has 8 nitrogen and oxygen atoms in total. The summed E-state index contributed by atoms with van der Waals surface area (Å²) < 4.78 is 23.7. The minimum absolute atomic E-state index is 0.0609. The van der Waals surface area contributed by atoms with Gasteiger partial charge in [-0.25, -0.2) is 13.6 Å². The number of carbonyl (C=O) groups is 1. The van der Waals surface area contributed by atoms with Crippen molar-refractivity contribution in [1.82, 2.24) is 10.2 Å². The van der Waals surface area contributed by atoms with E-state index in [4.69, 9.17) is 5.14 Å². The number of benzene rings is 2. The zero-order valence-corrected chi connectivity index (χ0v) is 20.4. The van der Waals surface area contributed by atoms with Gasteiger partial charge in [-0.1, -0.05) is 61.2 Å². The van der Waals surface area contributed by atoms with Crippen LogP contribution in [-0.4, -0.2) is 29.8 Å². The summed E-state index contributed by atoms with van der Waals surface area (Å²) in [6.07, 6.45) is 1.81. The summed E-state index contributed by atoms with van der Waals surface area (Å²) >= 11 is 2.66. The van der Waals surface area contributed by atoms with Gasteiger partial charge in [-0.05, 0) is 49.1 Å². The van der Waals surface area contributed by atoms with Gasteiger partial charge in [0.15, 0.2) is 4.34 Å². The second kappa shape index (κ2) is 10.4. The fraction of sp³-hybridized carbons (Fsp3) is 0.286. The van der Waals surface area contributed by atoms with E-state index >= 15 is 0 Å². The molecule has 0 fully saturated rings. The number of hydrogen-bond donors (Lipinski definition) is 3. The molecule has 3 aromatic rings. The molecule has 0 spiro atoms. The van der Waals surface area contributed by atoms with E-state index in [1.54, 1.807) is 13.0 Å². The molecule has 0 radical (unpaired) electrons. The second-order valence-electron chi connectivity index (χ2n) is 6.98. The van der Waals surface area contributed by atoms with E-state index in [2.05, 4.69) is 52.9 Å². The Balaban J connectivity index is 1.66. The first-order chi connectivity index (χ1) is 15.2. The third kappa shape index (κ3) is 6.06. The van der Waals surface area contributed by atoms with Crippen LogP contribution in [0.5, 0.6) is 0 Å². The van der Waals surface area contributed by atoms with E-state index in [1.165, 1.54) is 52.4 Å². The number of thioether (sulfide) groups is 1. The van der Waals surface area contributed by atoms with Crippen molar-refractivity contribution < 1.29 is 13.2 Å². The molecule has 1 unspecified atom stereocenters. The summed E-state index contributed by atoms with van der Waals surface area (Å²) in [6, 6.07) is 12.1. The van der Waals surface area contributed by atoms with Crippen molar-refractivity contribution in [3.05, 3.63) is 53.6 Å². The largest absolute Gasteiger partial charge is 0.330 e. The maximum atomic E-state index is 12.6. The molecule has 0 saturated carbocycles. The molecule has 0 aliphatic heterocycles. The van der Waals surface area contributed by atoms with Gasteiger partial charge in [0.25, 0.3) is 0 Å². The van der Waals surface area contributed by atoms with Crippen LogP contribution < -0.4 is 15.8 Å². The highest BCUT2D eigenvalue weighted by Gasteiger charge is 2.19. The van der Waals surface area contributed by atoms with Gasteiger partial charge < -0.3 is 10.6 Å². The van der Waals surface area contributed by atoms with Crippen LogP contribution in [0.4, 0.5) is 16.5 Å². The Morgan fingerprint density at radius 3 is 2.41 bits per heavy atom. The van der Waals surface area contributed by atoms with Crippen molar-refractivity contribution in [2.24, 2.45) is 5.14 Å². The van der Waals surface area contributed by atoms with E-state index in [-0.39, 0.29) is 10.8 Å². The molecule has 0 aliphatic carbocycles. The zero-order chi connectivity index (χ0) is 23.3. The van der Waals surface area contributed by atoms with Crippen molar-refractivity contribution in [3.8, 4) is 0 Å². The molecule has 1 heterocycles. The van der Waals surface area contributed by atoms with Gasteiger partial charge >= 0.3 is 0 Å². The van der Waals surface area contributed by atoms with E-state index in [1.807, 2.05) is 0 Å². The quantitative estimate of drug-likeness (QED) is 0.383. The van der Waals surface area contributed by atoms with Gasteiger partial charge in [-0.2, -0.15) is 0 Å². The predicted octanol–water partition coefficient (Wildman–Crippen LogP) is 4.17. The summed E-state index contributed by atoms with van der Waals surface area (Å²) in [5, 5.41) is 19.9. The Hall–Kier alpha value is -2.47. The number of anilines is 3. The Morgan fingerprint density at radius 2 is 1.78 bits per heavy atom. The van der Waals surface area contributed by atoms with E-state index < -0.39 is 15.3 Å². The summed E-state index contributed by atoms with van der Waals surface area (Å²) in [6.45, 7) is 5.97. The third-order valence-electron chi connectivity index (χ3n) is 4.71. The average molecular weight is 492 g/mol. The number of hydrogen-bond acceptors (Lipinski definition) is 8. The average Bonchev–Trinajstić information content (AvgIpc) is 3.20. The van der Waals surface area contributed by atoms with Gasteiger partial charge in [0, 0.05) is 11.4 Å². The molecule has 1 amide bonds. The lowest BCUT2D eigenvalue weighted by Crippen LogP contribution is -2.22. The lowest BCUT2D eigenvalue weighted by molar-refractivity contribution is -0.115. The van der Waals surface area contributed by atoms with Gasteiger partial charge in [-0.15, -0.1) is 10.2 Å². The van der Waals surface area contributed by atoms with Crippen molar-refractivity contribution in [1.29, 1.82) is 0 Å². The molecule has 0 aliphatic rings. The minimum Gasteiger partial charge on any atom is -0.330 e. The Labute approximate surface area is 196 Å². The number of para-hydroxylation sites is 1.